The maximum absolute atomic E-state index is 13.7. The Bertz CT molecular complexity index is 1080. The zero-order valence-electron chi connectivity index (χ0n) is 21.4. The van der Waals surface area contributed by atoms with Gasteiger partial charge in [0.25, 0.3) is 0 Å². The molecule has 0 aromatic heterocycles. The maximum atomic E-state index is 13.7. The number of Topliss-reactive ketones (excluding diaryl/α,β-unsaturated/α-hetero) is 1. The van der Waals surface area contributed by atoms with Crippen LogP contribution >= 0.6 is 0 Å². The number of allylic oxidation sites excluding steroid dienone is 1. The molecule has 0 heterocycles. The number of hydrogen-bond acceptors (Lipinski definition) is 6. The second-order valence-corrected chi connectivity index (χ2v) is 11.2. The fourth-order valence-electron chi connectivity index (χ4n) is 6.20. The first-order valence-electron chi connectivity index (χ1n) is 12.4. The van der Waals surface area contributed by atoms with Crippen molar-refractivity contribution < 1.29 is 29.0 Å². The maximum Gasteiger partial charge on any atom is 0.338 e. The van der Waals surface area contributed by atoms with Crippen LogP contribution in [0.2, 0.25) is 0 Å². The van der Waals surface area contributed by atoms with Crippen molar-refractivity contribution in [1.82, 2.24) is 0 Å². The molecule has 7 unspecified atom stereocenters. The molecule has 4 rings (SSSR count). The normalized spacial score (nSPS) is 36.0. The number of carbonyl (C=O) groups excluding carboxylic acids is 3. The largest absolute Gasteiger partial charge is 0.458 e. The Balaban J connectivity index is 1.76. The molecule has 1 aromatic carbocycles. The van der Waals surface area contributed by atoms with Crippen molar-refractivity contribution >= 4 is 17.7 Å². The van der Waals surface area contributed by atoms with E-state index >= 15 is 0 Å². The highest BCUT2D eigenvalue weighted by Crippen LogP contribution is 2.62. The smallest absolute Gasteiger partial charge is 0.338 e. The summed E-state index contributed by atoms with van der Waals surface area (Å²) in [5.74, 6) is -1.81. The van der Waals surface area contributed by atoms with Crippen molar-refractivity contribution in [2.24, 2.45) is 29.1 Å². The molecular weight excluding hydrogens is 444 g/mol. The van der Waals surface area contributed by atoms with Gasteiger partial charge in [-0.05, 0) is 73.1 Å². The Morgan fingerprint density at radius 3 is 2.31 bits per heavy atom. The number of carbonyl (C=O) groups is 3. The summed E-state index contributed by atoms with van der Waals surface area (Å²) in [6.07, 6.45) is 3.40. The first kappa shape index (κ1) is 25.4. The predicted octanol–water partition coefficient (Wildman–Crippen LogP) is 4.67. The lowest BCUT2D eigenvalue weighted by molar-refractivity contribution is -0.145. The van der Waals surface area contributed by atoms with Crippen LogP contribution in [0.3, 0.4) is 0 Å². The van der Waals surface area contributed by atoms with Gasteiger partial charge in [0.15, 0.2) is 5.78 Å². The third kappa shape index (κ3) is 4.61. The Labute approximate surface area is 207 Å². The summed E-state index contributed by atoms with van der Waals surface area (Å²) >= 11 is 0. The van der Waals surface area contributed by atoms with Gasteiger partial charge in [-0.25, -0.2) is 4.79 Å². The first-order valence-corrected chi connectivity index (χ1v) is 12.4. The molecule has 7 atom stereocenters. The highest BCUT2D eigenvalue weighted by atomic mass is 16.5. The summed E-state index contributed by atoms with van der Waals surface area (Å²) in [5.41, 5.74) is -0.0552. The minimum Gasteiger partial charge on any atom is -0.458 e. The molecular formula is C29H36O6. The highest BCUT2D eigenvalue weighted by Gasteiger charge is 2.60. The second-order valence-electron chi connectivity index (χ2n) is 11.2. The minimum absolute atomic E-state index is 0.0296. The zero-order chi connectivity index (χ0) is 25.7. The molecule has 0 amide bonds. The summed E-state index contributed by atoms with van der Waals surface area (Å²) in [6, 6.07) is 8.69. The molecule has 0 saturated heterocycles. The molecule has 6 nitrogen and oxygen atoms in total. The summed E-state index contributed by atoms with van der Waals surface area (Å²) in [6.45, 7) is 11.2. The lowest BCUT2D eigenvalue weighted by Crippen LogP contribution is -2.45. The van der Waals surface area contributed by atoms with Crippen LogP contribution in [0.4, 0.5) is 0 Å². The van der Waals surface area contributed by atoms with E-state index in [0.717, 1.165) is 5.57 Å². The van der Waals surface area contributed by atoms with Crippen LogP contribution in [0.15, 0.2) is 53.6 Å². The van der Waals surface area contributed by atoms with Gasteiger partial charge in [0.2, 0.25) is 0 Å². The van der Waals surface area contributed by atoms with Crippen molar-refractivity contribution in [3.05, 3.63) is 59.2 Å². The molecule has 2 fully saturated rings. The fraction of sp³-hybridized carbons (Fsp3) is 0.552. The van der Waals surface area contributed by atoms with E-state index in [1.807, 2.05) is 26.0 Å². The Morgan fingerprint density at radius 1 is 1.03 bits per heavy atom. The molecule has 3 aliphatic carbocycles. The number of rotatable bonds is 3. The standard InChI is InChI=1S/C29H36O6/c1-16-12-23-25(35-27(32)20-10-8-7-9-11-20)18(3)15-29(23,33)26(31)17(2)13-21-22(28(21,5)6)14-24(16)34-19(4)30/h7-13,18,21-25,33H,14-15H2,1-6H3. The van der Waals surface area contributed by atoms with Gasteiger partial charge < -0.3 is 14.6 Å². The highest BCUT2D eigenvalue weighted by molar-refractivity contribution is 6.02. The van der Waals surface area contributed by atoms with Crippen molar-refractivity contribution in [1.29, 1.82) is 0 Å². The minimum atomic E-state index is -1.72. The van der Waals surface area contributed by atoms with Crippen LogP contribution in [0.25, 0.3) is 0 Å². The van der Waals surface area contributed by atoms with E-state index in [-0.39, 0.29) is 41.3 Å². The van der Waals surface area contributed by atoms with E-state index < -0.39 is 29.7 Å². The Hall–Kier alpha value is -2.73. The van der Waals surface area contributed by atoms with Crippen LogP contribution in [0, 0.1) is 29.1 Å². The van der Waals surface area contributed by atoms with Gasteiger partial charge >= 0.3 is 11.9 Å². The SMILES string of the molecule is CC(=O)OC1CC2C(C=C(C)C(=O)C3(O)CC(C)C(OC(=O)c4ccccc4)C3C=C1C)C2(C)C. The average Bonchev–Trinajstić information content (AvgIpc) is 3.20. The predicted molar refractivity (Wildman–Crippen MR) is 131 cm³/mol. The zero-order valence-corrected chi connectivity index (χ0v) is 21.4. The lowest BCUT2D eigenvalue weighted by Gasteiger charge is -2.31. The van der Waals surface area contributed by atoms with Gasteiger partial charge in [0.1, 0.15) is 17.8 Å². The number of ketones is 1. The third-order valence-electron chi connectivity index (χ3n) is 8.40. The molecule has 2 saturated carbocycles. The summed E-state index contributed by atoms with van der Waals surface area (Å²) in [4.78, 5) is 38.6. The van der Waals surface area contributed by atoms with E-state index in [9.17, 15) is 19.5 Å². The molecule has 188 valence electrons. The molecule has 3 aliphatic rings. The van der Waals surface area contributed by atoms with Crippen molar-refractivity contribution in [3.63, 3.8) is 0 Å². The van der Waals surface area contributed by atoms with Gasteiger partial charge in [0.05, 0.1) is 11.5 Å². The number of ether oxygens (including phenoxy) is 2. The van der Waals surface area contributed by atoms with E-state index in [1.54, 1.807) is 37.3 Å². The van der Waals surface area contributed by atoms with Crippen LogP contribution in [0.5, 0.6) is 0 Å². The molecule has 35 heavy (non-hydrogen) atoms. The van der Waals surface area contributed by atoms with E-state index in [1.165, 1.54) is 6.92 Å². The monoisotopic (exact) mass is 480 g/mol. The molecule has 0 bridgehead atoms. The summed E-state index contributed by atoms with van der Waals surface area (Å²) in [5, 5.41) is 11.9. The summed E-state index contributed by atoms with van der Waals surface area (Å²) < 4.78 is 11.6. The van der Waals surface area contributed by atoms with Gasteiger partial charge in [-0.3, -0.25) is 9.59 Å². The Morgan fingerprint density at radius 2 is 1.69 bits per heavy atom. The number of esters is 2. The number of hydrogen-bond donors (Lipinski definition) is 1. The molecule has 0 aliphatic heterocycles. The molecule has 0 radical (unpaired) electrons. The van der Waals surface area contributed by atoms with Crippen LogP contribution in [0.1, 0.15) is 64.7 Å². The van der Waals surface area contributed by atoms with Crippen LogP contribution in [-0.2, 0) is 19.1 Å². The van der Waals surface area contributed by atoms with Gasteiger partial charge in [-0.15, -0.1) is 0 Å². The average molecular weight is 481 g/mol. The molecule has 1 aromatic rings. The topological polar surface area (TPSA) is 89.9 Å². The molecule has 1 N–H and O–H groups in total. The third-order valence-corrected chi connectivity index (χ3v) is 8.40. The van der Waals surface area contributed by atoms with Crippen molar-refractivity contribution in [2.45, 2.75) is 72.2 Å². The Kier molecular flexibility index (Phi) is 6.56. The van der Waals surface area contributed by atoms with Crippen LogP contribution < -0.4 is 0 Å². The first-order chi connectivity index (χ1) is 16.4. The fourth-order valence-corrected chi connectivity index (χ4v) is 6.20. The van der Waals surface area contributed by atoms with E-state index in [4.69, 9.17) is 9.47 Å². The molecule has 6 heteroatoms. The molecule has 0 spiro atoms. The lowest BCUT2D eigenvalue weighted by atomic mass is 9.81. The number of aliphatic hydroxyl groups is 1. The number of benzene rings is 1. The van der Waals surface area contributed by atoms with E-state index in [0.29, 0.717) is 17.6 Å². The van der Waals surface area contributed by atoms with E-state index in [2.05, 4.69) is 13.8 Å². The van der Waals surface area contributed by atoms with Crippen molar-refractivity contribution in [2.75, 3.05) is 0 Å². The number of fused-ring (bicyclic) bond motifs is 2. The van der Waals surface area contributed by atoms with Gasteiger partial charge in [-0.2, -0.15) is 0 Å². The summed E-state index contributed by atoms with van der Waals surface area (Å²) in [7, 11) is 0. The quantitative estimate of drug-likeness (QED) is 0.500. The van der Waals surface area contributed by atoms with Crippen LogP contribution in [-0.4, -0.2) is 40.6 Å². The van der Waals surface area contributed by atoms with Crippen molar-refractivity contribution in [3.8, 4) is 0 Å². The second kappa shape index (κ2) is 9.05. The van der Waals surface area contributed by atoms with Gasteiger partial charge in [-0.1, -0.05) is 51.1 Å². The van der Waals surface area contributed by atoms with Gasteiger partial charge in [0, 0.05) is 6.92 Å².